The predicted molar refractivity (Wildman–Crippen MR) is 145 cm³/mol. The maximum absolute atomic E-state index is 4.92. The molecule has 168 valence electrons. The van der Waals surface area contributed by atoms with E-state index in [2.05, 4.69) is 102 Å². The Morgan fingerprint density at radius 2 is 1.19 bits per heavy atom. The summed E-state index contributed by atoms with van der Waals surface area (Å²) >= 11 is 0. The van der Waals surface area contributed by atoms with Gasteiger partial charge in [-0.2, -0.15) is 0 Å². The van der Waals surface area contributed by atoms with E-state index in [9.17, 15) is 0 Å². The van der Waals surface area contributed by atoms with Gasteiger partial charge in [0, 0.05) is 29.1 Å². The minimum atomic E-state index is 0.623. The SMILES string of the molecule is c1cccc(-c2nc(-c3ccc(-c4ccccc4)cc3)cc(-c3cccc(-c4cccnc4)c3)n2)c#1. The molecule has 0 fully saturated rings. The first-order valence-electron chi connectivity index (χ1n) is 11.8. The van der Waals surface area contributed by atoms with Crippen LogP contribution in [-0.2, 0) is 0 Å². The van der Waals surface area contributed by atoms with Crippen LogP contribution in [0.1, 0.15) is 0 Å². The van der Waals surface area contributed by atoms with Crippen molar-refractivity contribution in [1.29, 1.82) is 0 Å². The third kappa shape index (κ3) is 4.49. The molecule has 0 bridgehead atoms. The van der Waals surface area contributed by atoms with E-state index in [4.69, 9.17) is 9.97 Å². The molecule has 0 saturated heterocycles. The quantitative estimate of drug-likeness (QED) is 0.264. The molecule has 2 aromatic heterocycles. The van der Waals surface area contributed by atoms with Crippen molar-refractivity contribution in [2.45, 2.75) is 0 Å². The molecule has 0 aliphatic heterocycles. The summed E-state index contributed by atoms with van der Waals surface area (Å²) in [4.78, 5) is 14.1. The molecule has 3 heteroatoms. The van der Waals surface area contributed by atoms with Crippen molar-refractivity contribution in [3.8, 4) is 56.2 Å². The van der Waals surface area contributed by atoms with Crippen molar-refractivity contribution in [2.24, 2.45) is 0 Å². The zero-order chi connectivity index (χ0) is 24.2. The van der Waals surface area contributed by atoms with Crippen LogP contribution in [0, 0.1) is 12.1 Å². The maximum atomic E-state index is 4.92. The van der Waals surface area contributed by atoms with Crippen molar-refractivity contribution in [1.82, 2.24) is 15.0 Å². The van der Waals surface area contributed by atoms with E-state index in [-0.39, 0.29) is 0 Å². The molecule has 4 aromatic carbocycles. The second kappa shape index (κ2) is 9.66. The minimum Gasteiger partial charge on any atom is -0.264 e. The first kappa shape index (κ1) is 21.5. The molecule has 36 heavy (non-hydrogen) atoms. The van der Waals surface area contributed by atoms with Crippen LogP contribution in [0.5, 0.6) is 0 Å². The summed E-state index contributed by atoms with van der Waals surface area (Å²) in [6.07, 6.45) is 3.66. The Morgan fingerprint density at radius 1 is 0.500 bits per heavy atom. The van der Waals surface area contributed by atoms with Crippen LogP contribution in [0.15, 0.2) is 128 Å². The van der Waals surface area contributed by atoms with Crippen molar-refractivity contribution >= 4 is 0 Å². The van der Waals surface area contributed by atoms with Gasteiger partial charge < -0.3 is 0 Å². The molecular weight excluding hydrogens is 438 g/mol. The van der Waals surface area contributed by atoms with Crippen molar-refractivity contribution < 1.29 is 0 Å². The first-order valence-corrected chi connectivity index (χ1v) is 11.8. The van der Waals surface area contributed by atoms with E-state index in [0.29, 0.717) is 5.82 Å². The summed E-state index contributed by atoms with van der Waals surface area (Å²) in [5.41, 5.74) is 9.09. The van der Waals surface area contributed by atoms with Gasteiger partial charge in [0.15, 0.2) is 5.82 Å². The normalized spacial score (nSPS) is 10.6. The highest BCUT2D eigenvalue weighted by atomic mass is 14.9. The largest absolute Gasteiger partial charge is 0.264 e. The second-order valence-electron chi connectivity index (χ2n) is 8.44. The van der Waals surface area contributed by atoms with E-state index in [1.165, 1.54) is 11.1 Å². The molecule has 0 spiro atoms. The molecule has 0 unspecified atom stereocenters. The standard InChI is InChI=1S/C33H21N3/c1-3-9-24(10-4-1)25-16-18-26(19-17-25)31-22-32(36-33(35-31)27-11-5-2-6-12-27)29-14-7-13-28(21-29)30-15-8-20-34-23-30/h1-5,7-11,13-23H. The van der Waals surface area contributed by atoms with Gasteiger partial charge in [0.1, 0.15) is 0 Å². The molecule has 0 N–H and O–H groups in total. The lowest BCUT2D eigenvalue weighted by Gasteiger charge is -2.10. The van der Waals surface area contributed by atoms with Crippen LogP contribution in [0.4, 0.5) is 0 Å². The molecule has 0 aliphatic rings. The van der Waals surface area contributed by atoms with Crippen LogP contribution >= 0.6 is 0 Å². The van der Waals surface area contributed by atoms with Crippen LogP contribution in [-0.4, -0.2) is 15.0 Å². The van der Waals surface area contributed by atoms with E-state index in [0.717, 1.165) is 39.2 Å². The molecule has 0 radical (unpaired) electrons. The molecule has 0 atom stereocenters. The second-order valence-corrected chi connectivity index (χ2v) is 8.44. The first-order chi connectivity index (χ1) is 17.8. The smallest absolute Gasteiger partial charge is 0.168 e. The molecule has 0 amide bonds. The molecule has 6 aromatic rings. The van der Waals surface area contributed by atoms with Gasteiger partial charge in [0.25, 0.3) is 0 Å². The highest BCUT2D eigenvalue weighted by Crippen LogP contribution is 2.30. The number of rotatable bonds is 5. The average Bonchev–Trinajstić information content (AvgIpc) is 2.98. The summed E-state index contributed by atoms with van der Waals surface area (Å²) in [5, 5.41) is 0. The van der Waals surface area contributed by atoms with Crippen LogP contribution in [0.3, 0.4) is 0 Å². The predicted octanol–water partition coefficient (Wildman–Crippen LogP) is 7.81. The van der Waals surface area contributed by atoms with Crippen LogP contribution in [0.2, 0.25) is 0 Å². The van der Waals surface area contributed by atoms with Gasteiger partial charge in [0.05, 0.1) is 17.0 Å². The Hall–Kier alpha value is -5.07. The summed E-state index contributed by atoms with van der Waals surface area (Å²) in [6.45, 7) is 0. The van der Waals surface area contributed by atoms with Gasteiger partial charge in [-0.1, -0.05) is 97.1 Å². The van der Waals surface area contributed by atoms with E-state index >= 15 is 0 Å². The van der Waals surface area contributed by atoms with E-state index in [1.807, 2.05) is 36.5 Å². The van der Waals surface area contributed by atoms with E-state index < -0.39 is 0 Å². The zero-order valence-electron chi connectivity index (χ0n) is 19.5. The summed E-state index contributed by atoms with van der Waals surface area (Å²) < 4.78 is 0. The number of hydrogen-bond acceptors (Lipinski definition) is 3. The minimum absolute atomic E-state index is 0.623. The number of benzene rings is 3. The third-order valence-electron chi connectivity index (χ3n) is 6.06. The Morgan fingerprint density at radius 3 is 1.94 bits per heavy atom. The Kier molecular flexibility index (Phi) is 5.76. The molecule has 6 rings (SSSR count). The zero-order valence-corrected chi connectivity index (χ0v) is 19.5. The van der Waals surface area contributed by atoms with Crippen LogP contribution in [0.25, 0.3) is 56.2 Å². The third-order valence-corrected chi connectivity index (χ3v) is 6.06. The Labute approximate surface area is 210 Å². The molecule has 3 nitrogen and oxygen atoms in total. The number of nitrogens with zero attached hydrogens (tertiary/aromatic N) is 3. The van der Waals surface area contributed by atoms with Gasteiger partial charge in [-0.25, -0.2) is 9.97 Å². The molecule has 0 saturated carbocycles. The Balaban J connectivity index is 1.45. The Bertz CT molecular complexity index is 1590. The fourth-order valence-electron chi connectivity index (χ4n) is 4.20. The van der Waals surface area contributed by atoms with Gasteiger partial charge >= 0.3 is 0 Å². The van der Waals surface area contributed by atoms with Crippen molar-refractivity contribution in [3.63, 3.8) is 0 Å². The lowest BCUT2D eigenvalue weighted by molar-refractivity contribution is 1.18. The lowest BCUT2D eigenvalue weighted by atomic mass is 10.0. The summed E-state index contributed by atoms with van der Waals surface area (Å²) in [7, 11) is 0. The maximum Gasteiger partial charge on any atom is 0.168 e. The van der Waals surface area contributed by atoms with Gasteiger partial charge in [0.2, 0.25) is 0 Å². The van der Waals surface area contributed by atoms with E-state index in [1.54, 1.807) is 6.20 Å². The van der Waals surface area contributed by atoms with Gasteiger partial charge in [-0.15, -0.1) is 0 Å². The molecule has 2 heterocycles. The summed E-state index contributed by atoms with van der Waals surface area (Å²) in [5.74, 6) is 0.623. The number of pyridine rings is 1. The monoisotopic (exact) mass is 459 g/mol. The molecule has 0 aliphatic carbocycles. The van der Waals surface area contributed by atoms with Gasteiger partial charge in [-0.3, -0.25) is 4.98 Å². The fraction of sp³-hybridized carbons (Fsp3) is 0. The lowest BCUT2D eigenvalue weighted by Crippen LogP contribution is -1.96. The molecular formula is C33H21N3. The summed E-state index contributed by atoms with van der Waals surface area (Å²) in [6, 6.07) is 45.2. The van der Waals surface area contributed by atoms with Gasteiger partial charge in [-0.05, 0) is 47.0 Å². The number of hydrogen-bond donors (Lipinski definition) is 0. The average molecular weight is 460 g/mol. The van der Waals surface area contributed by atoms with Crippen LogP contribution < -0.4 is 0 Å². The fourth-order valence-corrected chi connectivity index (χ4v) is 4.20. The van der Waals surface area contributed by atoms with Crippen molar-refractivity contribution in [3.05, 3.63) is 140 Å². The highest BCUT2D eigenvalue weighted by Gasteiger charge is 2.12. The highest BCUT2D eigenvalue weighted by molar-refractivity contribution is 5.76. The number of aromatic nitrogens is 3. The topological polar surface area (TPSA) is 38.7 Å². The van der Waals surface area contributed by atoms with Crippen molar-refractivity contribution in [2.75, 3.05) is 0 Å².